The zero-order chi connectivity index (χ0) is 20.7. The van der Waals surface area contributed by atoms with Crippen LogP contribution in [0.2, 0.25) is 0 Å². The van der Waals surface area contributed by atoms with Gasteiger partial charge in [-0.2, -0.15) is 17.7 Å². The van der Waals surface area contributed by atoms with Crippen LogP contribution in [0.25, 0.3) is 0 Å². The second-order valence-corrected chi connectivity index (χ2v) is 9.96. The van der Waals surface area contributed by atoms with Crippen LogP contribution in [-0.4, -0.2) is 60.1 Å². The molecule has 0 spiro atoms. The lowest BCUT2D eigenvalue weighted by atomic mass is 10.0. The lowest BCUT2D eigenvalue weighted by molar-refractivity contribution is -0.150. The van der Waals surface area contributed by atoms with E-state index in [0.717, 1.165) is 22.7 Å². The highest BCUT2D eigenvalue weighted by molar-refractivity contribution is 8.00. The van der Waals surface area contributed by atoms with Gasteiger partial charge in [-0.3, -0.25) is 24.4 Å². The number of aromatic amines is 1. The van der Waals surface area contributed by atoms with E-state index in [4.69, 9.17) is 0 Å². The van der Waals surface area contributed by atoms with Gasteiger partial charge in [0, 0.05) is 16.0 Å². The molecule has 152 valence electrons. The van der Waals surface area contributed by atoms with Crippen molar-refractivity contribution < 1.29 is 19.5 Å². The van der Waals surface area contributed by atoms with Crippen LogP contribution in [0, 0.1) is 0 Å². The number of rotatable bonds is 6. The minimum Gasteiger partial charge on any atom is -0.477 e. The molecule has 0 aromatic carbocycles. The summed E-state index contributed by atoms with van der Waals surface area (Å²) in [6, 6.07) is -0.817. The number of hydrogen-bond acceptors (Lipinski definition) is 10. The van der Waals surface area contributed by atoms with E-state index in [1.807, 2.05) is 0 Å². The van der Waals surface area contributed by atoms with E-state index in [2.05, 4.69) is 33.1 Å². The molecular formula is C15H13N5O5S4. The van der Waals surface area contributed by atoms with Gasteiger partial charge in [-0.15, -0.1) is 11.8 Å². The van der Waals surface area contributed by atoms with Crippen molar-refractivity contribution in [2.75, 3.05) is 5.75 Å². The summed E-state index contributed by atoms with van der Waals surface area (Å²) in [5, 5.41) is 19.2. The summed E-state index contributed by atoms with van der Waals surface area (Å²) in [5.74, 6) is -1.44. The molecular weight excluding hydrogens is 458 g/mol. The highest BCUT2D eigenvalue weighted by atomic mass is 32.2. The number of carbonyl (C=O) groups is 3. The Morgan fingerprint density at radius 3 is 2.86 bits per heavy atom. The van der Waals surface area contributed by atoms with Gasteiger partial charge in [-0.05, 0) is 5.57 Å². The van der Waals surface area contributed by atoms with Crippen LogP contribution in [0.3, 0.4) is 0 Å². The average molecular weight is 472 g/mol. The molecule has 2 aromatic heterocycles. The lowest BCUT2D eigenvalue weighted by Gasteiger charge is -2.49. The second-order valence-electron chi connectivity index (χ2n) is 6.14. The summed E-state index contributed by atoms with van der Waals surface area (Å²) in [5.41, 5.74) is 0.289. The van der Waals surface area contributed by atoms with E-state index < -0.39 is 34.4 Å². The van der Waals surface area contributed by atoms with E-state index in [9.17, 15) is 24.3 Å². The zero-order valence-electron chi connectivity index (χ0n) is 14.4. The fourth-order valence-electron chi connectivity index (χ4n) is 3.09. The zero-order valence-corrected chi connectivity index (χ0v) is 17.7. The average Bonchev–Trinajstić information content (AvgIpc) is 3.36. The van der Waals surface area contributed by atoms with Crippen molar-refractivity contribution in [3.63, 3.8) is 0 Å². The molecule has 1 fully saturated rings. The third-order valence-electron chi connectivity index (χ3n) is 4.38. The number of amides is 2. The van der Waals surface area contributed by atoms with Gasteiger partial charge >= 0.3 is 5.97 Å². The number of aliphatic carboxylic acids is 1. The molecule has 3 N–H and O–H groups in total. The molecule has 3 atom stereocenters. The Bertz CT molecular complexity index is 1060. The maximum absolute atomic E-state index is 12.7. The first-order valence-electron chi connectivity index (χ1n) is 8.18. The Hall–Kier alpha value is -2.16. The SMILES string of the molecule is O=C(Cc1csc(=O)s1)NC1C(=O)N2C(C(=O)O)=C(C(S)c3ncn[nH]3)CSC12. The Morgan fingerprint density at radius 1 is 1.45 bits per heavy atom. The topological polar surface area (TPSA) is 145 Å². The number of carboxylic acids is 1. The van der Waals surface area contributed by atoms with Crippen molar-refractivity contribution in [2.45, 2.75) is 23.1 Å². The van der Waals surface area contributed by atoms with Gasteiger partial charge in [0.2, 0.25) is 5.91 Å². The van der Waals surface area contributed by atoms with Crippen LogP contribution in [-0.2, 0) is 20.8 Å². The van der Waals surface area contributed by atoms with Crippen LogP contribution >= 0.6 is 47.1 Å². The molecule has 0 aliphatic carbocycles. The molecule has 29 heavy (non-hydrogen) atoms. The van der Waals surface area contributed by atoms with Crippen LogP contribution < -0.4 is 9.37 Å². The first kappa shape index (κ1) is 20.1. The van der Waals surface area contributed by atoms with Crippen molar-refractivity contribution in [1.29, 1.82) is 0 Å². The van der Waals surface area contributed by atoms with E-state index in [1.54, 1.807) is 5.38 Å². The highest BCUT2D eigenvalue weighted by Gasteiger charge is 2.54. The number of nitrogens with zero attached hydrogens (tertiary/aromatic N) is 3. The molecule has 0 radical (unpaired) electrons. The summed E-state index contributed by atoms with van der Waals surface area (Å²) in [7, 11) is 0. The summed E-state index contributed by atoms with van der Waals surface area (Å²) in [6.07, 6.45) is 1.30. The van der Waals surface area contributed by atoms with Crippen molar-refractivity contribution in [3.8, 4) is 0 Å². The van der Waals surface area contributed by atoms with Gasteiger partial charge in [-0.1, -0.05) is 22.7 Å². The van der Waals surface area contributed by atoms with E-state index in [1.165, 1.54) is 23.0 Å². The minimum absolute atomic E-state index is 0.00164. The maximum atomic E-state index is 12.7. The van der Waals surface area contributed by atoms with E-state index in [-0.39, 0.29) is 16.2 Å². The summed E-state index contributed by atoms with van der Waals surface area (Å²) in [4.78, 5) is 53.8. The number of thioether (sulfide) groups is 1. The standard InChI is InChI=1S/C15H13N5O5S4/c21-7(1-5-2-28-15(25)29-5)18-8-12(22)20-9(14(23)24)6(3-27-13(8)20)10(26)11-16-4-17-19-11/h2,4,8,10,13,26H,1,3H2,(H,18,21)(H,23,24)(H,16,17,19). The fraction of sp³-hybridized carbons (Fsp3) is 0.333. The molecule has 3 unspecified atom stereocenters. The van der Waals surface area contributed by atoms with Crippen molar-refractivity contribution in [3.05, 3.63) is 42.5 Å². The number of carboxylic acid groups (broad SMARTS) is 1. The number of carbonyl (C=O) groups excluding carboxylic acids is 2. The van der Waals surface area contributed by atoms with Gasteiger partial charge in [0.1, 0.15) is 29.3 Å². The van der Waals surface area contributed by atoms with E-state index in [0.29, 0.717) is 22.0 Å². The largest absolute Gasteiger partial charge is 0.477 e. The fourth-order valence-corrected chi connectivity index (χ4v) is 6.67. The highest BCUT2D eigenvalue weighted by Crippen LogP contribution is 2.44. The Balaban J connectivity index is 1.51. The number of aromatic nitrogens is 3. The number of hydrogen-bond donors (Lipinski definition) is 4. The molecule has 2 aliphatic heterocycles. The van der Waals surface area contributed by atoms with Crippen molar-refractivity contribution >= 4 is 64.8 Å². The summed E-state index contributed by atoms with van der Waals surface area (Å²) >= 11 is 7.80. The van der Waals surface area contributed by atoms with Gasteiger partial charge in [0.25, 0.3) is 9.96 Å². The molecule has 2 aliphatic rings. The summed E-state index contributed by atoms with van der Waals surface area (Å²) in [6.45, 7) is 0. The molecule has 14 heteroatoms. The Kier molecular flexibility index (Phi) is 5.50. The Morgan fingerprint density at radius 2 is 2.24 bits per heavy atom. The molecule has 4 heterocycles. The number of β-lactam (4-membered cyclic amide) rings is 1. The van der Waals surface area contributed by atoms with Crippen molar-refractivity contribution in [2.24, 2.45) is 0 Å². The van der Waals surface area contributed by atoms with Gasteiger partial charge in [-0.25, -0.2) is 9.78 Å². The van der Waals surface area contributed by atoms with Crippen LogP contribution in [0.5, 0.6) is 0 Å². The molecule has 10 nitrogen and oxygen atoms in total. The normalized spacial score (nSPS) is 22.1. The first-order chi connectivity index (χ1) is 13.9. The van der Waals surface area contributed by atoms with Crippen LogP contribution in [0.15, 0.2) is 27.8 Å². The monoisotopic (exact) mass is 471 g/mol. The van der Waals surface area contributed by atoms with Gasteiger partial charge in [0.05, 0.1) is 11.7 Å². The molecule has 0 bridgehead atoms. The first-order valence-corrected chi connectivity index (χ1v) is 11.4. The van der Waals surface area contributed by atoms with Gasteiger partial charge < -0.3 is 10.4 Å². The second kappa shape index (κ2) is 7.93. The number of fused-ring (bicyclic) bond motifs is 1. The van der Waals surface area contributed by atoms with Crippen LogP contribution in [0.1, 0.15) is 16.0 Å². The molecule has 0 saturated carbocycles. The van der Waals surface area contributed by atoms with Gasteiger partial charge in [0.15, 0.2) is 0 Å². The molecule has 4 rings (SSSR count). The number of nitrogens with one attached hydrogen (secondary N) is 2. The Labute approximate surface area is 180 Å². The molecule has 2 amide bonds. The smallest absolute Gasteiger partial charge is 0.352 e. The van der Waals surface area contributed by atoms with Crippen LogP contribution in [0.4, 0.5) is 0 Å². The number of thiol groups is 1. The quantitative estimate of drug-likeness (QED) is 0.346. The lowest BCUT2D eigenvalue weighted by Crippen LogP contribution is -2.70. The third kappa shape index (κ3) is 3.72. The molecule has 1 saturated heterocycles. The predicted octanol–water partition coefficient (Wildman–Crippen LogP) is 0.240. The summed E-state index contributed by atoms with van der Waals surface area (Å²) < 4.78 is -0.0987. The predicted molar refractivity (Wildman–Crippen MR) is 110 cm³/mol. The number of H-pyrrole nitrogens is 1. The molecule has 2 aromatic rings. The minimum atomic E-state index is -1.25. The van der Waals surface area contributed by atoms with Crippen molar-refractivity contribution in [1.82, 2.24) is 25.4 Å². The maximum Gasteiger partial charge on any atom is 0.352 e. The third-order valence-corrected chi connectivity index (χ3v) is 8.21. The van der Waals surface area contributed by atoms with E-state index >= 15 is 0 Å².